The molecular weight excluding hydrogens is 396 g/mol. The molecule has 0 spiro atoms. The normalized spacial score (nSPS) is 12.6. The van der Waals surface area contributed by atoms with Gasteiger partial charge in [-0.15, -0.1) is 11.8 Å². The highest BCUT2D eigenvalue weighted by Gasteiger charge is 2.23. The molecule has 2 rings (SSSR count). The van der Waals surface area contributed by atoms with Crippen LogP contribution >= 0.6 is 11.8 Å². The minimum absolute atomic E-state index is 0.163. The van der Waals surface area contributed by atoms with Crippen molar-refractivity contribution in [3.63, 3.8) is 0 Å². The third-order valence-corrected chi connectivity index (χ3v) is 6.68. The Balaban J connectivity index is 1.89. The SMILES string of the molecule is CSc1ccc(S(=O)(=O)N(C)CC(=O)NC(C)COc2ccccc2C)cc1. The summed E-state index contributed by atoms with van der Waals surface area (Å²) in [4.78, 5) is 13.4. The summed E-state index contributed by atoms with van der Waals surface area (Å²) >= 11 is 1.53. The lowest BCUT2D eigenvalue weighted by atomic mass is 10.2. The van der Waals surface area contributed by atoms with Gasteiger partial charge in [-0.25, -0.2) is 8.42 Å². The highest BCUT2D eigenvalue weighted by atomic mass is 32.2. The predicted octanol–water partition coefficient (Wildman–Crippen LogP) is 2.92. The molecule has 1 N–H and O–H groups in total. The summed E-state index contributed by atoms with van der Waals surface area (Å²) in [5, 5.41) is 2.77. The lowest BCUT2D eigenvalue weighted by Gasteiger charge is -2.20. The largest absolute Gasteiger partial charge is 0.491 e. The fraction of sp³-hybridized carbons (Fsp3) is 0.350. The van der Waals surface area contributed by atoms with Gasteiger partial charge in [-0.3, -0.25) is 4.79 Å². The summed E-state index contributed by atoms with van der Waals surface area (Å²) in [5.41, 5.74) is 1.01. The first-order valence-corrected chi connectivity index (χ1v) is 11.5. The molecule has 2 aromatic carbocycles. The second-order valence-electron chi connectivity index (χ2n) is 6.48. The number of nitrogens with zero attached hydrogens (tertiary/aromatic N) is 1. The smallest absolute Gasteiger partial charge is 0.243 e. The van der Waals surface area contributed by atoms with E-state index in [9.17, 15) is 13.2 Å². The second kappa shape index (κ2) is 9.95. The molecule has 1 unspecified atom stereocenters. The van der Waals surface area contributed by atoms with E-state index in [1.165, 1.54) is 18.8 Å². The first kappa shape index (κ1) is 22.3. The maximum atomic E-state index is 12.6. The van der Waals surface area contributed by atoms with Gasteiger partial charge in [-0.2, -0.15) is 4.31 Å². The van der Waals surface area contributed by atoms with Crippen LogP contribution in [0.4, 0.5) is 0 Å². The predicted molar refractivity (Wildman–Crippen MR) is 112 cm³/mol. The highest BCUT2D eigenvalue weighted by molar-refractivity contribution is 7.98. The second-order valence-corrected chi connectivity index (χ2v) is 9.41. The van der Waals surface area contributed by atoms with Gasteiger partial charge in [0.25, 0.3) is 0 Å². The minimum atomic E-state index is -3.72. The van der Waals surface area contributed by atoms with Gasteiger partial charge in [0.1, 0.15) is 12.4 Å². The third-order valence-electron chi connectivity index (χ3n) is 4.12. The average molecular weight is 423 g/mol. The van der Waals surface area contributed by atoms with Crippen molar-refractivity contribution in [2.24, 2.45) is 0 Å². The summed E-state index contributed by atoms with van der Waals surface area (Å²) in [5.74, 6) is 0.379. The maximum absolute atomic E-state index is 12.6. The number of thioether (sulfide) groups is 1. The third kappa shape index (κ3) is 5.98. The minimum Gasteiger partial charge on any atom is -0.491 e. The van der Waals surface area contributed by atoms with Gasteiger partial charge in [0.2, 0.25) is 15.9 Å². The zero-order chi connectivity index (χ0) is 20.7. The van der Waals surface area contributed by atoms with E-state index in [2.05, 4.69) is 5.32 Å². The Labute approximate surface area is 171 Å². The summed E-state index contributed by atoms with van der Waals surface area (Å²) < 4.78 is 32.0. The summed E-state index contributed by atoms with van der Waals surface area (Å²) in [7, 11) is -2.33. The molecule has 0 aliphatic rings. The molecule has 6 nitrogen and oxygen atoms in total. The fourth-order valence-corrected chi connectivity index (χ4v) is 4.05. The lowest BCUT2D eigenvalue weighted by Crippen LogP contribution is -2.43. The number of carbonyl (C=O) groups excluding carboxylic acids is 1. The van der Waals surface area contributed by atoms with Crippen LogP contribution in [0, 0.1) is 6.92 Å². The van der Waals surface area contributed by atoms with Crippen LogP contribution in [-0.4, -0.2) is 51.1 Å². The molecule has 0 aliphatic carbocycles. The van der Waals surface area contributed by atoms with Crippen LogP contribution in [0.3, 0.4) is 0 Å². The number of hydrogen-bond donors (Lipinski definition) is 1. The molecule has 0 fully saturated rings. The van der Waals surface area contributed by atoms with Crippen LogP contribution in [0.25, 0.3) is 0 Å². The standard InChI is InChI=1S/C20H26N2O4S2/c1-15-7-5-6-8-19(15)26-14-16(2)21-20(23)13-22(3)28(24,25)18-11-9-17(27-4)10-12-18/h5-12,16H,13-14H2,1-4H3,(H,21,23). The van der Waals surface area contributed by atoms with Crippen molar-refractivity contribution in [3.05, 3.63) is 54.1 Å². The van der Waals surface area contributed by atoms with Crippen molar-refractivity contribution < 1.29 is 17.9 Å². The lowest BCUT2D eigenvalue weighted by molar-refractivity contribution is -0.121. The Hall–Kier alpha value is -2.03. The Morgan fingerprint density at radius 1 is 1.18 bits per heavy atom. The van der Waals surface area contributed by atoms with Crippen LogP contribution in [0.2, 0.25) is 0 Å². The molecule has 0 bridgehead atoms. The van der Waals surface area contributed by atoms with Crippen LogP contribution in [0.5, 0.6) is 5.75 Å². The van der Waals surface area contributed by atoms with Crippen molar-refractivity contribution in [2.75, 3.05) is 26.5 Å². The highest BCUT2D eigenvalue weighted by Crippen LogP contribution is 2.20. The van der Waals surface area contributed by atoms with E-state index in [1.807, 2.05) is 44.4 Å². The number of sulfonamides is 1. The molecule has 0 heterocycles. The van der Waals surface area contributed by atoms with E-state index >= 15 is 0 Å². The first-order chi connectivity index (χ1) is 13.2. The van der Waals surface area contributed by atoms with Gasteiger partial charge in [0.15, 0.2) is 0 Å². The molecule has 0 saturated carbocycles. The number of benzene rings is 2. The van der Waals surface area contributed by atoms with Crippen LogP contribution < -0.4 is 10.1 Å². The van der Waals surface area contributed by atoms with E-state index in [4.69, 9.17) is 4.74 Å². The number of aryl methyl sites for hydroxylation is 1. The van der Waals surface area contributed by atoms with Gasteiger partial charge in [0.05, 0.1) is 17.5 Å². The van der Waals surface area contributed by atoms with E-state index in [-0.39, 0.29) is 23.4 Å². The molecule has 1 atom stereocenters. The van der Waals surface area contributed by atoms with Crippen molar-refractivity contribution >= 4 is 27.7 Å². The zero-order valence-corrected chi connectivity index (χ0v) is 18.1. The molecule has 0 saturated heterocycles. The van der Waals surface area contributed by atoms with Gasteiger partial charge in [-0.05, 0) is 56.0 Å². The monoisotopic (exact) mass is 422 g/mol. The number of hydrogen-bond acceptors (Lipinski definition) is 5. The van der Waals surface area contributed by atoms with Gasteiger partial charge in [-0.1, -0.05) is 18.2 Å². The number of rotatable bonds is 9. The van der Waals surface area contributed by atoms with E-state index in [0.717, 1.165) is 20.5 Å². The Kier molecular flexibility index (Phi) is 7.91. The summed E-state index contributed by atoms with van der Waals surface area (Å²) in [6.45, 7) is 3.79. The van der Waals surface area contributed by atoms with Crippen molar-refractivity contribution in [1.29, 1.82) is 0 Å². The maximum Gasteiger partial charge on any atom is 0.243 e. The quantitative estimate of drug-likeness (QED) is 0.629. The Bertz CT molecular complexity index is 899. The van der Waals surface area contributed by atoms with Crippen molar-refractivity contribution in [3.8, 4) is 5.75 Å². The fourth-order valence-electron chi connectivity index (χ4n) is 2.51. The number of carbonyl (C=O) groups is 1. The van der Waals surface area contributed by atoms with E-state index in [0.29, 0.717) is 6.61 Å². The summed E-state index contributed by atoms with van der Waals surface area (Å²) in [6, 6.07) is 14.0. The van der Waals surface area contributed by atoms with Gasteiger partial charge < -0.3 is 10.1 Å². The zero-order valence-electron chi connectivity index (χ0n) is 16.5. The number of ether oxygens (including phenoxy) is 1. The van der Waals surface area contributed by atoms with Crippen LogP contribution in [0.15, 0.2) is 58.3 Å². The average Bonchev–Trinajstić information content (AvgIpc) is 2.67. The molecule has 28 heavy (non-hydrogen) atoms. The Morgan fingerprint density at radius 3 is 2.43 bits per heavy atom. The number of amides is 1. The molecule has 8 heteroatoms. The molecule has 1 amide bonds. The van der Waals surface area contributed by atoms with Gasteiger partial charge in [0, 0.05) is 11.9 Å². The van der Waals surface area contributed by atoms with E-state index in [1.54, 1.807) is 24.3 Å². The molecule has 152 valence electrons. The van der Waals surface area contributed by atoms with Crippen molar-refractivity contribution in [2.45, 2.75) is 29.7 Å². The topological polar surface area (TPSA) is 75.7 Å². The number of para-hydroxylation sites is 1. The number of likely N-dealkylation sites (N-methyl/N-ethyl adjacent to an activating group) is 1. The molecule has 0 aliphatic heterocycles. The van der Waals surface area contributed by atoms with Crippen molar-refractivity contribution in [1.82, 2.24) is 9.62 Å². The molecule has 0 radical (unpaired) electrons. The molecular formula is C20H26N2O4S2. The first-order valence-electron chi connectivity index (χ1n) is 8.82. The Morgan fingerprint density at radius 2 is 1.82 bits per heavy atom. The van der Waals surface area contributed by atoms with E-state index < -0.39 is 10.0 Å². The summed E-state index contributed by atoms with van der Waals surface area (Å²) in [6.07, 6.45) is 1.92. The van der Waals surface area contributed by atoms with Gasteiger partial charge >= 0.3 is 0 Å². The molecule has 2 aromatic rings. The van der Waals surface area contributed by atoms with Crippen LogP contribution in [0.1, 0.15) is 12.5 Å². The van der Waals surface area contributed by atoms with Crippen LogP contribution in [-0.2, 0) is 14.8 Å². The number of nitrogens with one attached hydrogen (secondary N) is 1. The molecule has 0 aromatic heterocycles.